The standard InChI is InChI=1S/C15H18Cl2N4/c16-10-7-4-8-11(17)12(10)13-14(18)21(19)15(20-13)9-5-2-1-3-6-9/h4,7-9H,1-3,5-6,18-19H2. The lowest BCUT2D eigenvalue weighted by Crippen LogP contribution is -2.19. The van der Waals surface area contributed by atoms with E-state index in [4.69, 9.17) is 34.8 Å². The molecule has 0 amide bonds. The minimum absolute atomic E-state index is 0.362. The normalized spacial score (nSPS) is 16.3. The van der Waals surface area contributed by atoms with E-state index in [-0.39, 0.29) is 0 Å². The summed E-state index contributed by atoms with van der Waals surface area (Å²) in [6, 6.07) is 5.35. The van der Waals surface area contributed by atoms with Crippen LogP contribution in [-0.4, -0.2) is 9.66 Å². The number of anilines is 1. The molecule has 1 aromatic carbocycles. The molecule has 0 atom stereocenters. The van der Waals surface area contributed by atoms with E-state index in [1.807, 2.05) is 0 Å². The van der Waals surface area contributed by atoms with Crippen molar-refractivity contribution in [3.8, 4) is 11.3 Å². The van der Waals surface area contributed by atoms with Crippen molar-refractivity contribution < 1.29 is 0 Å². The molecule has 1 heterocycles. The van der Waals surface area contributed by atoms with E-state index in [9.17, 15) is 0 Å². The highest BCUT2D eigenvalue weighted by atomic mass is 35.5. The van der Waals surface area contributed by atoms with Crippen LogP contribution in [0.15, 0.2) is 18.2 Å². The number of nitrogens with two attached hydrogens (primary N) is 2. The third-order valence-electron chi connectivity index (χ3n) is 4.15. The molecule has 0 bridgehead atoms. The third-order valence-corrected chi connectivity index (χ3v) is 4.78. The highest BCUT2D eigenvalue weighted by molar-refractivity contribution is 6.39. The van der Waals surface area contributed by atoms with Crippen LogP contribution < -0.4 is 11.6 Å². The fourth-order valence-corrected chi connectivity index (χ4v) is 3.60. The summed E-state index contributed by atoms with van der Waals surface area (Å²) in [6.45, 7) is 0. The highest BCUT2D eigenvalue weighted by Gasteiger charge is 2.25. The van der Waals surface area contributed by atoms with Gasteiger partial charge in [-0.15, -0.1) is 0 Å². The van der Waals surface area contributed by atoms with Gasteiger partial charge in [0.2, 0.25) is 0 Å². The van der Waals surface area contributed by atoms with Gasteiger partial charge in [0, 0.05) is 11.5 Å². The monoisotopic (exact) mass is 324 g/mol. The van der Waals surface area contributed by atoms with Crippen LogP contribution in [0.2, 0.25) is 10.0 Å². The van der Waals surface area contributed by atoms with Crippen LogP contribution in [0.4, 0.5) is 5.82 Å². The Morgan fingerprint density at radius 3 is 2.33 bits per heavy atom. The molecule has 4 N–H and O–H groups in total. The third kappa shape index (κ3) is 2.58. The average Bonchev–Trinajstić information content (AvgIpc) is 2.77. The lowest BCUT2D eigenvalue weighted by Gasteiger charge is -2.20. The van der Waals surface area contributed by atoms with Gasteiger partial charge in [-0.1, -0.05) is 48.5 Å². The van der Waals surface area contributed by atoms with Crippen LogP contribution in [-0.2, 0) is 0 Å². The molecule has 0 aliphatic heterocycles. The molecule has 2 aromatic rings. The number of halogens is 2. The van der Waals surface area contributed by atoms with Gasteiger partial charge in [0.15, 0.2) is 5.82 Å². The molecule has 0 saturated heterocycles. The Morgan fingerprint density at radius 1 is 1.10 bits per heavy atom. The van der Waals surface area contributed by atoms with Crippen LogP contribution >= 0.6 is 23.2 Å². The van der Waals surface area contributed by atoms with Gasteiger partial charge in [0.25, 0.3) is 0 Å². The molecule has 1 aliphatic carbocycles. The Morgan fingerprint density at radius 2 is 1.71 bits per heavy atom. The first-order chi connectivity index (χ1) is 10.1. The summed E-state index contributed by atoms with van der Waals surface area (Å²) >= 11 is 12.5. The van der Waals surface area contributed by atoms with Gasteiger partial charge in [0.1, 0.15) is 11.5 Å². The molecule has 3 rings (SSSR count). The molecule has 112 valence electrons. The number of rotatable bonds is 2. The number of hydrogen-bond acceptors (Lipinski definition) is 3. The van der Waals surface area contributed by atoms with Crippen LogP contribution in [0, 0.1) is 0 Å². The molecule has 1 aromatic heterocycles. The maximum Gasteiger partial charge on any atom is 0.150 e. The zero-order chi connectivity index (χ0) is 15.0. The van der Waals surface area contributed by atoms with Gasteiger partial charge < -0.3 is 11.6 Å². The molecule has 1 fully saturated rings. The predicted molar refractivity (Wildman–Crippen MR) is 88.1 cm³/mol. The molecule has 1 aliphatic rings. The fraction of sp³-hybridized carbons (Fsp3) is 0.400. The van der Waals surface area contributed by atoms with E-state index >= 15 is 0 Å². The summed E-state index contributed by atoms with van der Waals surface area (Å²) in [4.78, 5) is 4.67. The van der Waals surface area contributed by atoms with E-state index in [2.05, 4.69) is 4.98 Å². The number of imidazole rings is 1. The van der Waals surface area contributed by atoms with Crippen molar-refractivity contribution in [2.75, 3.05) is 11.6 Å². The minimum atomic E-state index is 0.362. The van der Waals surface area contributed by atoms with Crippen molar-refractivity contribution in [3.05, 3.63) is 34.1 Å². The average molecular weight is 325 g/mol. The highest BCUT2D eigenvalue weighted by Crippen LogP contribution is 2.39. The largest absolute Gasteiger partial charge is 0.382 e. The van der Waals surface area contributed by atoms with E-state index in [1.54, 1.807) is 18.2 Å². The fourth-order valence-electron chi connectivity index (χ4n) is 3.02. The van der Waals surface area contributed by atoms with Crippen LogP contribution in [0.3, 0.4) is 0 Å². The first-order valence-electron chi connectivity index (χ1n) is 7.17. The van der Waals surface area contributed by atoms with Crippen LogP contribution in [0.5, 0.6) is 0 Å². The number of nitrogens with zero attached hydrogens (tertiary/aromatic N) is 2. The van der Waals surface area contributed by atoms with E-state index in [0.717, 1.165) is 18.7 Å². The van der Waals surface area contributed by atoms with Crippen molar-refractivity contribution in [1.82, 2.24) is 9.66 Å². The Hall–Kier alpha value is -1.39. The maximum absolute atomic E-state index is 6.25. The quantitative estimate of drug-likeness (QED) is 0.813. The van der Waals surface area contributed by atoms with Gasteiger partial charge in [-0.3, -0.25) is 0 Å². The van der Waals surface area contributed by atoms with E-state index < -0.39 is 0 Å². The molecular formula is C15H18Cl2N4. The van der Waals surface area contributed by atoms with Crippen molar-refractivity contribution in [2.24, 2.45) is 0 Å². The second-order valence-corrected chi connectivity index (χ2v) is 6.32. The second kappa shape index (κ2) is 5.78. The first-order valence-corrected chi connectivity index (χ1v) is 7.92. The number of nitrogen functional groups attached to an aromatic ring is 2. The Labute approximate surface area is 134 Å². The Balaban J connectivity index is 2.08. The maximum atomic E-state index is 6.25. The molecular weight excluding hydrogens is 307 g/mol. The topological polar surface area (TPSA) is 69.9 Å². The van der Waals surface area contributed by atoms with Gasteiger partial charge in [0.05, 0.1) is 10.0 Å². The zero-order valence-electron chi connectivity index (χ0n) is 11.6. The molecule has 0 unspecified atom stereocenters. The lowest BCUT2D eigenvalue weighted by molar-refractivity contribution is 0.424. The van der Waals surface area contributed by atoms with Crippen molar-refractivity contribution in [3.63, 3.8) is 0 Å². The molecule has 0 radical (unpaired) electrons. The molecule has 1 saturated carbocycles. The molecule has 21 heavy (non-hydrogen) atoms. The van der Waals surface area contributed by atoms with Crippen molar-refractivity contribution >= 4 is 29.0 Å². The van der Waals surface area contributed by atoms with Gasteiger partial charge in [-0.25, -0.2) is 9.66 Å². The molecule has 4 nitrogen and oxygen atoms in total. The summed E-state index contributed by atoms with van der Waals surface area (Å²) in [6.07, 6.45) is 5.90. The number of aromatic nitrogens is 2. The van der Waals surface area contributed by atoms with Gasteiger partial charge in [-0.05, 0) is 25.0 Å². The minimum Gasteiger partial charge on any atom is -0.382 e. The summed E-state index contributed by atoms with van der Waals surface area (Å²) in [7, 11) is 0. The summed E-state index contributed by atoms with van der Waals surface area (Å²) < 4.78 is 1.49. The Bertz CT molecular complexity index is 640. The van der Waals surface area contributed by atoms with E-state index in [0.29, 0.717) is 33.0 Å². The van der Waals surface area contributed by atoms with Gasteiger partial charge >= 0.3 is 0 Å². The predicted octanol–water partition coefficient (Wildman–Crippen LogP) is 4.20. The van der Waals surface area contributed by atoms with Crippen LogP contribution in [0.25, 0.3) is 11.3 Å². The van der Waals surface area contributed by atoms with Crippen LogP contribution in [0.1, 0.15) is 43.8 Å². The summed E-state index contributed by atoms with van der Waals surface area (Å²) in [5.41, 5.74) is 7.37. The SMILES string of the molecule is Nc1c(-c2c(Cl)cccc2Cl)nc(C2CCCCC2)n1N. The lowest BCUT2D eigenvalue weighted by atomic mass is 9.89. The first kappa shape index (κ1) is 14.5. The Kier molecular flexibility index (Phi) is 4.00. The smallest absolute Gasteiger partial charge is 0.150 e. The zero-order valence-corrected chi connectivity index (χ0v) is 13.2. The number of benzene rings is 1. The van der Waals surface area contributed by atoms with Crippen molar-refractivity contribution in [1.29, 1.82) is 0 Å². The second-order valence-electron chi connectivity index (χ2n) is 5.51. The summed E-state index contributed by atoms with van der Waals surface area (Å²) in [5.74, 6) is 7.72. The summed E-state index contributed by atoms with van der Waals surface area (Å²) in [5, 5.41) is 1.06. The van der Waals surface area contributed by atoms with E-state index in [1.165, 1.54) is 23.9 Å². The van der Waals surface area contributed by atoms with Crippen molar-refractivity contribution in [2.45, 2.75) is 38.0 Å². The van der Waals surface area contributed by atoms with Gasteiger partial charge in [-0.2, -0.15) is 0 Å². The number of hydrogen-bond donors (Lipinski definition) is 2. The molecule has 6 heteroatoms. The molecule has 0 spiro atoms.